The predicted octanol–water partition coefficient (Wildman–Crippen LogP) is 3.66. The minimum absolute atomic E-state index is 0.0124. The maximum atomic E-state index is 13.7. The number of rotatable bonds is 6. The first-order valence-electron chi connectivity index (χ1n) is 8.04. The SMILES string of the molecule is COc1cc(NCC(C)N2CCc3sccc3C2)c([N+](=O)[O-])cc1F. The normalized spacial score (nSPS) is 15.5. The maximum Gasteiger partial charge on any atom is 0.295 e. The van der Waals surface area contributed by atoms with Crippen LogP contribution in [0.1, 0.15) is 17.4 Å². The Bertz CT molecular complexity index is 780. The highest BCUT2D eigenvalue weighted by Gasteiger charge is 2.23. The molecule has 1 N–H and O–H groups in total. The fourth-order valence-electron chi connectivity index (χ4n) is 3.03. The van der Waals surface area contributed by atoms with Gasteiger partial charge in [0.2, 0.25) is 0 Å². The number of benzene rings is 1. The molecule has 1 unspecified atom stereocenters. The first kappa shape index (κ1) is 17.6. The Morgan fingerprint density at radius 1 is 1.52 bits per heavy atom. The Kier molecular flexibility index (Phi) is 5.19. The molecule has 25 heavy (non-hydrogen) atoms. The Morgan fingerprint density at radius 3 is 3.04 bits per heavy atom. The van der Waals surface area contributed by atoms with Gasteiger partial charge in [-0.3, -0.25) is 15.0 Å². The summed E-state index contributed by atoms with van der Waals surface area (Å²) in [5, 5.41) is 16.4. The van der Waals surface area contributed by atoms with Gasteiger partial charge in [0, 0.05) is 36.6 Å². The number of halogens is 1. The van der Waals surface area contributed by atoms with E-state index in [4.69, 9.17) is 4.74 Å². The van der Waals surface area contributed by atoms with E-state index >= 15 is 0 Å². The maximum absolute atomic E-state index is 13.7. The van der Waals surface area contributed by atoms with Crippen LogP contribution in [0.25, 0.3) is 0 Å². The van der Waals surface area contributed by atoms with Crippen molar-refractivity contribution >= 4 is 22.7 Å². The lowest BCUT2D eigenvalue weighted by Gasteiger charge is -2.32. The topological polar surface area (TPSA) is 67.6 Å². The van der Waals surface area contributed by atoms with E-state index in [1.54, 1.807) is 11.3 Å². The number of anilines is 1. The molecule has 1 aromatic carbocycles. The van der Waals surface area contributed by atoms with Gasteiger partial charge in [-0.1, -0.05) is 0 Å². The number of nitrogens with zero attached hydrogens (tertiary/aromatic N) is 2. The molecule has 8 heteroatoms. The second kappa shape index (κ2) is 7.37. The predicted molar refractivity (Wildman–Crippen MR) is 96.0 cm³/mol. The summed E-state index contributed by atoms with van der Waals surface area (Å²) in [5.74, 6) is -0.754. The van der Waals surface area contributed by atoms with Gasteiger partial charge in [-0.15, -0.1) is 11.3 Å². The van der Waals surface area contributed by atoms with Gasteiger partial charge < -0.3 is 10.1 Å². The molecule has 1 atom stereocenters. The van der Waals surface area contributed by atoms with Gasteiger partial charge in [0.1, 0.15) is 5.69 Å². The molecule has 0 saturated heterocycles. The minimum Gasteiger partial charge on any atom is -0.494 e. The summed E-state index contributed by atoms with van der Waals surface area (Å²) in [7, 11) is 1.34. The van der Waals surface area contributed by atoms with Crippen molar-refractivity contribution in [1.29, 1.82) is 0 Å². The summed E-state index contributed by atoms with van der Waals surface area (Å²) >= 11 is 1.79. The highest BCUT2D eigenvalue weighted by Crippen LogP contribution is 2.32. The number of nitro benzene ring substituents is 1. The van der Waals surface area contributed by atoms with Crippen molar-refractivity contribution in [2.24, 2.45) is 0 Å². The number of thiophene rings is 1. The average Bonchev–Trinajstić information content (AvgIpc) is 3.07. The fourth-order valence-corrected chi connectivity index (χ4v) is 3.91. The van der Waals surface area contributed by atoms with Crippen molar-refractivity contribution < 1.29 is 14.1 Å². The molecule has 3 rings (SSSR count). The van der Waals surface area contributed by atoms with E-state index in [0.29, 0.717) is 6.54 Å². The van der Waals surface area contributed by atoms with Crippen LogP contribution < -0.4 is 10.1 Å². The van der Waals surface area contributed by atoms with E-state index in [-0.39, 0.29) is 23.2 Å². The fraction of sp³-hybridized carbons (Fsp3) is 0.412. The number of hydrogen-bond acceptors (Lipinski definition) is 6. The molecule has 0 amide bonds. The van der Waals surface area contributed by atoms with Crippen molar-refractivity contribution in [2.75, 3.05) is 25.5 Å². The van der Waals surface area contributed by atoms with Gasteiger partial charge in [-0.05, 0) is 30.4 Å². The zero-order chi connectivity index (χ0) is 18.0. The van der Waals surface area contributed by atoms with Gasteiger partial charge in [0.25, 0.3) is 5.69 Å². The standard InChI is InChI=1S/C17H20FN3O3S/c1-11(20-5-3-17-12(10-20)4-6-25-17)9-19-14-8-16(24-2)13(18)7-15(14)21(22)23/h4,6-8,11,19H,3,5,9-10H2,1-2H3. The molecular weight excluding hydrogens is 345 g/mol. The van der Waals surface area contributed by atoms with Crippen molar-refractivity contribution in [2.45, 2.75) is 25.9 Å². The molecule has 6 nitrogen and oxygen atoms in total. The smallest absolute Gasteiger partial charge is 0.295 e. The third-order valence-corrected chi connectivity index (χ3v) is 5.54. The highest BCUT2D eigenvalue weighted by atomic mass is 32.1. The summed E-state index contributed by atoms with van der Waals surface area (Å²) in [6.45, 7) is 4.45. The molecule has 2 aromatic rings. The van der Waals surface area contributed by atoms with Gasteiger partial charge >= 0.3 is 0 Å². The number of nitro groups is 1. The summed E-state index contributed by atoms with van der Waals surface area (Å²) < 4.78 is 18.7. The van der Waals surface area contributed by atoms with E-state index in [1.807, 2.05) is 0 Å². The molecule has 2 heterocycles. The van der Waals surface area contributed by atoms with Crippen LogP contribution in [0.5, 0.6) is 5.75 Å². The molecule has 0 bridgehead atoms. The van der Waals surface area contributed by atoms with Crippen LogP contribution in [-0.2, 0) is 13.0 Å². The van der Waals surface area contributed by atoms with Crippen LogP contribution in [0.2, 0.25) is 0 Å². The van der Waals surface area contributed by atoms with Gasteiger partial charge in [-0.2, -0.15) is 0 Å². The van der Waals surface area contributed by atoms with Crippen LogP contribution in [0.3, 0.4) is 0 Å². The lowest BCUT2D eigenvalue weighted by molar-refractivity contribution is -0.384. The van der Waals surface area contributed by atoms with E-state index in [9.17, 15) is 14.5 Å². The third kappa shape index (κ3) is 3.74. The van der Waals surface area contributed by atoms with Gasteiger partial charge in [-0.25, -0.2) is 4.39 Å². The number of ether oxygens (including phenoxy) is 1. The first-order chi connectivity index (χ1) is 12.0. The lowest BCUT2D eigenvalue weighted by atomic mass is 10.1. The molecule has 0 spiro atoms. The number of nitrogens with one attached hydrogen (secondary N) is 1. The van der Waals surface area contributed by atoms with Gasteiger partial charge in [0.05, 0.1) is 18.1 Å². The Hall–Kier alpha value is -2.19. The second-order valence-corrected chi connectivity index (χ2v) is 7.08. The Balaban J connectivity index is 1.69. The Labute approximate surface area is 149 Å². The van der Waals surface area contributed by atoms with Crippen LogP contribution in [-0.4, -0.2) is 36.1 Å². The van der Waals surface area contributed by atoms with Crippen molar-refractivity contribution in [1.82, 2.24) is 4.90 Å². The molecule has 1 aromatic heterocycles. The van der Waals surface area contributed by atoms with Crippen molar-refractivity contribution in [3.05, 3.63) is 50.0 Å². The number of hydrogen-bond donors (Lipinski definition) is 1. The summed E-state index contributed by atoms with van der Waals surface area (Å²) in [4.78, 5) is 14.4. The van der Waals surface area contributed by atoms with Crippen LogP contribution in [0, 0.1) is 15.9 Å². The lowest BCUT2D eigenvalue weighted by Crippen LogP contribution is -2.40. The second-order valence-electron chi connectivity index (χ2n) is 6.08. The molecule has 0 radical (unpaired) electrons. The van der Waals surface area contributed by atoms with Crippen LogP contribution in [0.15, 0.2) is 23.6 Å². The molecule has 0 fully saturated rings. The molecule has 1 aliphatic heterocycles. The summed E-state index contributed by atoms with van der Waals surface area (Å²) in [6, 6.07) is 4.57. The quantitative estimate of drug-likeness (QED) is 0.625. The molecule has 0 aliphatic carbocycles. The highest BCUT2D eigenvalue weighted by molar-refractivity contribution is 7.10. The van der Waals surface area contributed by atoms with Crippen molar-refractivity contribution in [3.8, 4) is 5.75 Å². The van der Waals surface area contributed by atoms with E-state index in [1.165, 1.54) is 23.6 Å². The average molecular weight is 365 g/mol. The molecule has 134 valence electrons. The number of fused-ring (bicyclic) bond motifs is 1. The Morgan fingerprint density at radius 2 is 2.32 bits per heavy atom. The van der Waals surface area contributed by atoms with Crippen LogP contribution >= 0.6 is 11.3 Å². The van der Waals surface area contributed by atoms with E-state index in [2.05, 4.69) is 28.6 Å². The van der Waals surface area contributed by atoms with Gasteiger partial charge in [0.15, 0.2) is 11.6 Å². The van der Waals surface area contributed by atoms with E-state index in [0.717, 1.165) is 25.6 Å². The first-order valence-corrected chi connectivity index (χ1v) is 8.92. The molecule has 0 saturated carbocycles. The zero-order valence-electron chi connectivity index (χ0n) is 14.1. The zero-order valence-corrected chi connectivity index (χ0v) is 14.9. The van der Waals surface area contributed by atoms with E-state index < -0.39 is 10.7 Å². The largest absolute Gasteiger partial charge is 0.494 e. The monoisotopic (exact) mass is 365 g/mol. The third-order valence-electron chi connectivity index (χ3n) is 4.52. The van der Waals surface area contributed by atoms with Crippen LogP contribution in [0.4, 0.5) is 15.8 Å². The minimum atomic E-state index is -0.742. The summed E-state index contributed by atoms with van der Waals surface area (Å²) in [6.07, 6.45) is 1.03. The van der Waals surface area contributed by atoms with Crippen molar-refractivity contribution in [3.63, 3.8) is 0 Å². The summed E-state index contributed by atoms with van der Waals surface area (Å²) in [5.41, 5.74) is 1.34. The molecular formula is C17H20FN3O3S. The molecule has 1 aliphatic rings. The number of methoxy groups -OCH3 is 1.